The van der Waals surface area contributed by atoms with Crippen molar-refractivity contribution < 1.29 is 14.3 Å². The Morgan fingerprint density at radius 1 is 1.03 bits per heavy atom. The largest absolute Gasteiger partial charge is 0.493 e. The molecule has 4 bridgehead atoms. The summed E-state index contributed by atoms with van der Waals surface area (Å²) in [4.78, 5) is 13.4. The van der Waals surface area contributed by atoms with Crippen molar-refractivity contribution in [2.24, 2.45) is 27.3 Å². The number of carbonyl (C=O) groups is 1. The Balaban J connectivity index is 1.31. The van der Waals surface area contributed by atoms with Crippen molar-refractivity contribution in [1.29, 1.82) is 0 Å². The zero-order valence-corrected chi connectivity index (χ0v) is 19.9. The third kappa shape index (κ3) is 4.25. The molecule has 0 saturated heterocycles. The third-order valence-corrected chi connectivity index (χ3v) is 7.93. The number of nitrogens with one attached hydrogen (secondary N) is 1. The normalized spacial score (nSPS) is 32.2. The number of rotatable bonds is 7. The van der Waals surface area contributed by atoms with Crippen LogP contribution in [-0.4, -0.2) is 19.2 Å². The molecule has 2 aromatic rings. The van der Waals surface area contributed by atoms with Crippen molar-refractivity contribution in [3.63, 3.8) is 0 Å². The van der Waals surface area contributed by atoms with Crippen molar-refractivity contribution in [2.75, 3.05) is 7.11 Å². The Kier molecular flexibility index (Phi) is 5.46. The molecule has 0 aromatic heterocycles. The van der Waals surface area contributed by atoms with Crippen molar-refractivity contribution >= 4 is 12.1 Å². The number of nitrogens with zero attached hydrogens (tertiary/aromatic N) is 1. The topological polar surface area (TPSA) is 59.9 Å². The van der Waals surface area contributed by atoms with E-state index in [-0.39, 0.29) is 11.3 Å². The maximum absolute atomic E-state index is 13.4. The molecule has 4 aliphatic carbocycles. The standard InChI is InChI=1S/C28H34N2O3/c1-26-12-21-13-27(2,17-26)19-28(14-21,18-26)25(31)30-29-15-22-10-7-11-23(32-3)24(22)33-16-20-8-5-4-6-9-20/h4-11,15,21H,12-14,16-19H2,1-3H3,(H,30,31)/b29-15+. The Labute approximate surface area is 196 Å². The van der Waals surface area contributed by atoms with Gasteiger partial charge in [0.05, 0.1) is 18.7 Å². The van der Waals surface area contributed by atoms with Gasteiger partial charge in [-0.15, -0.1) is 0 Å². The van der Waals surface area contributed by atoms with Crippen LogP contribution in [0.5, 0.6) is 11.5 Å². The molecule has 4 saturated carbocycles. The predicted octanol–water partition coefficient (Wildman–Crippen LogP) is 5.72. The zero-order valence-electron chi connectivity index (χ0n) is 19.9. The number of methoxy groups -OCH3 is 1. The van der Waals surface area contributed by atoms with Crippen molar-refractivity contribution in [3.05, 3.63) is 59.7 Å². The fourth-order valence-electron chi connectivity index (χ4n) is 7.66. The van der Waals surface area contributed by atoms with Crippen LogP contribution in [0.1, 0.15) is 63.5 Å². The van der Waals surface area contributed by atoms with Crippen molar-refractivity contribution in [2.45, 2.75) is 59.0 Å². The fourth-order valence-corrected chi connectivity index (χ4v) is 7.66. The van der Waals surface area contributed by atoms with Gasteiger partial charge in [0.15, 0.2) is 11.5 Å². The van der Waals surface area contributed by atoms with Crippen LogP contribution in [0, 0.1) is 22.2 Å². The molecule has 0 spiro atoms. The monoisotopic (exact) mass is 446 g/mol. The lowest BCUT2D eigenvalue weighted by Crippen LogP contribution is -2.59. The number of ether oxygens (including phenoxy) is 2. The van der Waals surface area contributed by atoms with Crippen LogP contribution in [-0.2, 0) is 11.4 Å². The number of para-hydroxylation sites is 1. The van der Waals surface area contributed by atoms with Crippen LogP contribution in [0.25, 0.3) is 0 Å². The number of carbonyl (C=O) groups excluding carboxylic acids is 1. The van der Waals surface area contributed by atoms with E-state index in [2.05, 4.69) is 24.4 Å². The molecule has 2 atom stereocenters. The van der Waals surface area contributed by atoms with Gasteiger partial charge in [-0.25, -0.2) is 5.43 Å². The lowest BCUT2D eigenvalue weighted by molar-refractivity contribution is -0.170. The van der Waals surface area contributed by atoms with E-state index in [1.54, 1.807) is 13.3 Å². The van der Waals surface area contributed by atoms with Gasteiger partial charge in [-0.2, -0.15) is 5.10 Å². The molecule has 6 rings (SSSR count). The number of benzene rings is 2. The molecule has 33 heavy (non-hydrogen) atoms. The maximum atomic E-state index is 13.4. The Bertz CT molecular complexity index is 1050. The van der Waals surface area contributed by atoms with Gasteiger partial charge in [0.1, 0.15) is 6.61 Å². The van der Waals surface area contributed by atoms with E-state index < -0.39 is 0 Å². The Morgan fingerprint density at radius 2 is 1.76 bits per heavy atom. The average Bonchev–Trinajstić information content (AvgIpc) is 2.76. The van der Waals surface area contributed by atoms with E-state index in [1.807, 2.05) is 48.5 Å². The summed E-state index contributed by atoms with van der Waals surface area (Å²) in [6.07, 6.45) is 8.44. The van der Waals surface area contributed by atoms with Gasteiger partial charge >= 0.3 is 0 Å². The Hall–Kier alpha value is -2.82. The molecule has 4 fully saturated rings. The highest BCUT2D eigenvalue weighted by molar-refractivity contribution is 5.88. The molecule has 174 valence electrons. The van der Waals surface area contributed by atoms with Gasteiger partial charge in [0.2, 0.25) is 5.91 Å². The van der Waals surface area contributed by atoms with Gasteiger partial charge in [0.25, 0.3) is 0 Å². The molecular formula is C28H34N2O3. The zero-order chi connectivity index (χ0) is 23.1. The highest BCUT2D eigenvalue weighted by atomic mass is 16.5. The average molecular weight is 447 g/mol. The molecular weight excluding hydrogens is 412 g/mol. The summed E-state index contributed by atoms with van der Waals surface area (Å²) < 4.78 is 11.6. The second kappa shape index (κ2) is 8.19. The van der Waals surface area contributed by atoms with Crippen LogP contribution in [0.3, 0.4) is 0 Å². The summed E-state index contributed by atoms with van der Waals surface area (Å²) in [5.74, 6) is 2.01. The molecule has 4 aliphatic rings. The molecule has 1 amide bonds. The molecule has 5 nitrogen and oxygen atoms in total. The molecule has 2 unspecified atom stereocenters. The van der Waals surface area contributed by atoms with Crippen molar-refractivity contribution in [3.8, 4) is 11.5 Å². The predicted molar refractivity (Wildman–Crippen MR) is 129 cm³/mol. The van der Waals surface area contributed by atoms with Crippen LogP contribution in [0.4, 0.5) is 0 Å². The van der Waals surface area contributed by atoms with Gasteiger partial charge in [-0.05, 0) is 73.0 Å². The first-order valence-corrected chi connectivity index (χ1v) is 12.0. The lowest BCUT2D eigenvalue weighted by atomic mass is 9.40. The van der Waals surface area contributed by atoms with E-state index >= 15 is 0 Å². The van der Waals surface area contributed by atoms with Gasteiger partial charge in [-0.3, -0.25) is 4.79 Å². The first kappa shape index (κ1) is 22.0. The molecule has 5 heteroatoms. The number of amides is 1. The SMILES string of the molecule is COc1cccc(/C=N/NC(=O)C23CC4CC(C)(CC(C)(C4)C2)C3)c1OCc1ccccc1. The van der Waals surface area contributed by atoms with E-state index in [0.717, 1.165) is 30.4 Å². The maximum Gasteiger partial charge on any atom is 0.246 e. The third-order valence-electron chi connectivity index (χ3n) is 7.93. The highest BCUT2D eigenvalue weighted by Crippen LogP contribution is 2.69. The fraction of sp³-hybridized carbons (Fsp3) is 0.500. The minimum Gasteiger partial charge on any atom is -0.493 e. The highest BCUT2D eigenvalue weighted by Gasteiger charge is 2.62. The minimum absolute atomic E-state index is 0.0787. The summed E-state index contributed by atoms with van der Waals surface area (Å²) >= 11 is 0. The first-order chi connectivity index (χ1) is 15.8. The summed E-state index contributed by atoms with van der Waals surface area (Å²) in [6, 6.07) is 15.7. The second-order valence-corrected chi connectivity index (χ2v) is 11.3. The van der Waals surface area contributed by atoms with Gasteiger partial charge < -0.3 is 9.47 Å². The van der Waals surface area contributed by atoms with E-state index in [0.29, 0.717) is 34.9 Å². The van der Waals surface area contributed by atoms with Crippen LogP contribution >= 0.6 is 0 Å². The molecule has 2 aromatic carbocycles. The first-order valence-electron chi connectivity index (χ1n) is 12.0. The second-order valence-electron chi connectivity index (χ2n) is 11.3. The summed E-state index contributed by atoms with van der Waals surface area (Å²) in [7, 11) is 1.63. The molecule has 0 heterocycles. The van der Waals surface area contributed by atoms with Crippen molar-refractivity contribution in [1.82, 2.24) is 5.43 Å². The van der Waals surface area contributed by atoms with E-state index in [1.165, 1.54) is 19.3 Å². The summed E-state index contributed by atoms with van der Waals surface area (Å²) in [5, 5.41) is 4.38. The smallest absolute Gasteiger partial charge is 0.246 e. The quantitative estimate of drug-likeness (QED) is 0.437. The van der Waals surface area contributed by atoms with E-state index in [9.17, 15) is 4.79 Å². The van der Waals surface area contributed by atoms with Gasteiger partial charge in [0, 0.05) is 5.56 Å². The van der Waals surface area contributed by atoms with E-state index in [4.69, 9.17) is 9.47 Å². The van der Waals surface area contributed by atoms with Gasteiger partial charge in [-0.1, -0.05) is 50.2 Å². The number of hydrogen-bond donors (Lipinski definition) is 1. The number of hydrazone groups is 1. The number of hydrogen-bond acceptors (Lipinski definition) is 4. The Morgan fingerprint density at radius 3 is 2.42 bits per heavy atom. The minimum atomic E-state index is -0.277. The van der Waals surface area contributed by atoms with Crippen LogP contribution in [0.15, 0.2) is 53.6 Å². The van der Waals surface area contributed by atoms with Crippen LogP contribution < -0.4 is 14.9 Å². The van der Waals surface area contributed by atoms with Crippen LogP contribution in [0.2, 0.25) is 0 Å². The summed E-state index contributed by atoms with van der Waals surface area (Å²) in [5.41, 5.74) is 5.05. The molecule has 0 radical (unpaired) electrons. The molecule has 1 N–H and O–H groups in total. The lowest BCUT2D eigenvalue weighted by Gasteiger charge is -2.64. The summed E-state index contributed by atoms with van der Waals surface area (Å²) in [6.45, 7) is 5.19. The molecule has 0 aliphatic heterocycles.